The van der Waals surface area contributed by atoms with E-state index in [4.69, 9.17) is 4.74 Å². The molecule has 7 nitrogen and oxygen atoms in total. The van der Waals surface area contributed by atoms with Crippen LogP contribution in [0.1, 0.15) is 10.6 Å². The minimum atomic E-state index is -0.418. The summed E-state index contributed by atoms with van der Waals surface area (Å²) in [4.78, 5) is 22.9. The van der Waals surface area contributed by atoms with Gasteiger partial charge in [0.2, 0.25) is 5.82 Å². The number of thiazole rings is 1. The maximum atomic E-state index is 12.9. The first kappa shape index (κ1) is 20.1. The minimum absolute atomic E-state index is 0.0753. The van der Waals surface area contributed by atoms with Crippen molar-refractivity contribution in [3.8, 4) is 33.4 Å². The van der Waals surface area contributed by atoms with Crippen LogP contribution in [0.25, 0.3) is 27.6 Å². The van der Waals surface area contributed by atoms with Crippen LogP contribution in [0, 0.1) is 0 Å². The fourth-order valence-corrected chi connectivity index (χ4v) is 4.59. The summed E-state index contributed by atoms with van der Waals surface area (Å²) in [6.45, 7) is 0. The molecule has 3 aromatic heterocycles. The van der Waals surface area contributed by atoms with E-state index in [1.165, 1.54) is 11.3 Å². The predicted molar refractivity (Wildman–Crippen MR) is 127 cm³/mol. The second kappa shape index (κ2) is 8.74. The molecule has 1 amide bonds. The summed E-state index contributed by atoms with van der Waals surface area (Å²) in [6.07, 6.45) is 0. The molecular formula is C23H17N5O2S2. The summed E-state index contributed by atoms with van der Waals surface area (Å²) < 4.78 is 7.09. The topological polar surface area (TPSA) is 81.9 Å². The second-order valence-electron chi connectivity index (χ2n) is 6.68. The summed E-state index contributed by atoms with van der Waals surface area (Å²) in [7, 11) is 1.62. The predicted octanol–water partition coefficient (Wildman–Crippen LogP) is 5.38. The highest BCUT2D eigenvalue weighted by molar-refractivity contribution is 7.14. The number of thiophene rings is 1. The van der Waals surface area contributed by atoms with Crippen molar-refractivity contribution in [2.45, 2.75) is 0 Å². The fraction of sp³-hybridized carbons (Fsp3) is 0.0435. The number of ether oxygens (including phenoxy) is 1. The van der Waals surface area contributed by atoms with Gasteiger partial charge in [0.05, 0.1) is 23.4 Å². The number of para-hydroxylation sites is 2. The van der Waals surface area contributed by atoms with Gasteiger partial charge in [0.25, 0.3) is 5.91 Å². The molecule has 0 aliphatic heterocycles. The van der Waals surface area contributed by atoms with E-state index in [-0.39, 0.29) is 5.82 Å². The van der Waals surface area contributed by atoms with E-state index in [2.05, 4.69) is 20.4 Å². The van der Waals surface area contributed by atoms with Gasteiger partial charge in [0.1, 0.15) is 5.75 Å². The van der Waals surface area contributed by atoms with E-state index in [9.17, 15) is 4.79 Å². The molecule has 0 aliphatic carbocycles. The highest BCUT2D eigenvalue weighted by Gasteiger charge is 2.20. The summed E-state index contributed by atoms with van der Waals surface area (Å²) in [5.74, 6) is 0.995. The lowest BCUT2D eigenvalue weighted by molar-refractivity contribution is 0.101. The molecular weight excluding hydrogens is 442 g/mol. The van der Waals surface area contributed by atoms with E-state index in [1.807, 2.05) is 77.5 Å². The van der Waals surface area contributed by atoms with E-state index in [0.29, 0.717) is 11.0 Å². The number of nitrogens with zero attached hydrogens (tertiary/aromatic N) is 4. The van der Waals surface area contributed by atoms with Gasteiger partial charge in [-0.15, -0.1) is 27.8 Å². The van der Waals surface area contributed by atoms with Gasteiger partial charge in [-0.2, -0.15) is 0 Å². The third kappa shape index (κ3) is 3.91. The van der Waals surface area contributed by atoms with Crippen LogP contribution < -0.4 is 10.1 Å². The van der Waals surface area contributed by atoms with Crippen LogP contribution >= 0.6 is 22.7 Å². The number of nitrogens with one attached hydrogen (secondary N) is 1. The lowest BCUT2D eigenvalue weighted by Crippen LogP contribution is -2.14. The monoisotopic (exact) mass is 459 g/mol. The molecule has 0 spiro atoms. The Bertz CT molecular complexity index is 1360. The normalized spacial score (nSPS) is 10.8. The second-order valence-corrected chi connectivity index (χ2v) is 8.48. The smallest absolute Gasteiger partial charge is 0.297 e. The molecule has 0 fully saturated rings. The van der Waals surface area contributed by atoms with Crippen molar-refractivity contribution in [2.24, 2.45) is 0 Å². The Hall–Kier alpha value is -3.82. The average Bonchev–Trinajstić information content (AvgIpc) is 3.60. The van der Waals surface area contributed by atoms with Crippen molar-refractivity contribution in [3.63, 3.8) is 0 Å². The number of rotatable bonds is 6. The van der Waals surface area contributed by atoms with Crippen molar-refractivity contribution < 1.29 is 9.53 Å². The third-order valence-electron chi connectivity index (χ3n) is 4.66. The SMILES string of the molecule is COc1ccccc1-c1csc(NC(=O)c2nc(-c3cccs3)n(-c3ccccc3)n2)n1. The number of carbonyl (C=O) groups is 1. The molecule has 0 bridgehead atoms. The maximum Gasteiger partial charge on any atom is 0.297 e. The van der Waals surface area contributed by atoms with E-state index >= 15 is 0 Å². The van der Waals surface area contributed by atoms with Gasteiger partial charge in [-0.1, -0.05) is 36.4 Å². The number of hydrogen-bond acceptors (Lipinski definition) is 7. The number of benzene rings is 2. The van der Waals surface area contributed by atoms with Crippen LogP contribution in [0.4, 0.5) is 5.13 Å². The maximum absolute atomic E-state index is 12.9. The lowest BCUT2D eigenvalue weighted by atomic mass is 10.1. The number of amides is 1. The van der Waals surface area contributed by atoms with Crippen molar-refractivity contribution >= 4 is 33.7 Å². The van der Waals surface area contributed by atoms with Gasteiger partial charge in [-0.25, -0.2) is 14.6 Å². The molecule has 2 aromatic carbocycles. The Morgan fingerprint density at radius 1 is 0.969 bits per heavy atom. The van der Waals surface area contributed by atoms with Gasteiger partial charge in [0, 0.05) is 10.9 Å². The molecule has 9 heteroatoms. The van der Waals surface area contributed by atoms with Gasteiger partial charge in [-0.3, -0.25) is 10.1 Å². The van der Waals surface area contributed by atoms with Crippen LogP contribution in [-0.2, 0) is 0 Å². The summed E-state index contributed by atoms with van der Waals surface area (Å²) in [6, 6.07) is 21.1. The van der Waals surface area contributed by atoms with Crippen molar-refractivity contribution in [2.75, 3.05) is 12.4 Å². The molecule has 0 radical (unpaired) electrons. The van der Waals surface area contributed by atoms with Crippen LogP contribution in [-0.4, -0.2) is 32.8 Å². The Kier molecular flexibility index (Phi) is 5.49. The lowest BCUT2D eigenvalue weighted by Gasteiger charge is -2.04. The highest BCUT2D eigenvalue weighted by Crippen LogP contribution is 2.32. The number of carbonyl (C=O) groups excluding carboxylic acids is 1. The fourth-order valence-electron chi connectivity index (χ4n) is 3.19. The first-order valence-corrected chi connectivity index (χ1v) is 11.5. The summed E-state index contributed by atoms with van der Waals surface area (Å²) >= 11 is 2.87. The Labute approximate surface area is 192 Å². The van der Waals surface area contributed by atoms with E-state index in [1.54, 1.807) is 23.1 Å². The molecule has 0 saturated heterocycles. The minimum Gasteiger partial charge on any atom is -0.496 e. The largest absolute Gasteiger partial charge is 0.496 e. The van der Waals surface area contributed by atoms with Crippen molar-refractivity contribution in [3.05, 3.63) is 83.3 Å². The van der Waals surface area contributed by atoms with Gasteiger partial charge in [-0.05, 0) is 35.7 Å². The Morgan fingerprint density at radius 3 is 2.56 bits per heavy atom. The van der Waals surface area contributed by atoms with Gasteiger partial charge in [0.15, 0.2) is 11.0 Å². The van der Waals surface area contributed by atoms with Gasteiger partial charge < -0.3 is 4.74 Å². The molecule has 5 aromatic rings. The van der Waals surface area contributed by atoms with Crippen molar-refractivity contribution in [1.29, 1.82) is 0 Å². The quantitative estimate of drug-likeness (QED) is 0.369. The van der Waals surface area contributed by atoms with Crippen LogP contribution in [0.15, 0.2) is 77.5 Å². The zero-order valence-corrected chi connectivity index (χ0v) is 18.6. The molecule has 0 atom stereocenters. The number of aromatic nitrogens is 4. The summed E-state index contributed by atoms with van der Waals surface area (Å²) in [5.41, 5.74) is 2.41. The third-order valence-corrected chi connectivity index (χ3v) is 6.28. The van der Waals surface area contributed by atoms with Crippen molar-refractivity contribution in [1.82, 2.24) is 19.7 Å². The van der Waals surface area contributed by atoms with Gasteiger partial charge >= 0.3 is 0 Å². The molecule has 0 unspecified atom stereocenters. The summed E-state index contributed by atoms with van der Waals surface area (Å²) in [5, 5.41) is 11.6. The van der Waals surface area contributed by atoms with E-state index < -0.39 is 5.91 Å². The zero-order valence-electron chi connectivity index (χ0n) is 16.9. The average molecular weight is 460 g/mol. The molecule has 0 aliphatic rings. The highest BCUT2D eigenvalue weighted by atomic mass is 32.1. The van der Waals surface area contributed by atoms with Crippen LogP contribution in [0.5, 0.6) is 5.75 Å². The first-order valence-electron chi connectivity index (χ1n) is 9.69. The molecule has 158 valence electrons. The zero-order chi connectivity index (χ0) is 21.9. The molecule has 32 heavy (non-hydrogen) atoms. The molecule has 0 saturated carbocycles. The first-order chi connectivity index (χ1) is 15.7. The number of anilines is 1. The number of methoxy groups -OCH3 is 1. The molecule has 3 heterocycles. The Morgan fingerprint density at radius 2 is 1.78 bits per heavy atom. The number of hydrogen-bond donors (Lipinski definition) is 1. The Balaban J connectivity index is 1.44. The standard InChI is InChI=1S/C23H17N5O2S2/c1-30-18-11-6-5-10-16(18)17-14-32-23(24-17)26-22(29)20-25-21(19-12-7-13-31-19)28(27-20)15-8-3-2-4-9-15/h2-14H,1H3,(H,24,26,29). The molecule has 5 rings (SSSR count). The van der Waals surface area contributed by atoms with E-state index in [0.717, 1.165) is 27.6 Å². The van der Waals surface area contributed by atoms with Crippen LogP contribution in [0.3, 0.4) is 0 Å². The molecule has 1 N–H and O–H groups in total. The van der Waals surface area contributed by atoms with Crippen LogP contribution in [0.2, 0.25) is 0 Å².